The van der Waals surface area contributed by atoms with Crippen molar-refractivity contribution in [2.24, 2.45) is 0 Å². The quantitative estimate of drug-likeness (QED) is 0.625. The summed E-state index contributed by atoms with van der Waals surface area (Å²) in [5, 5.41) is 14.9. The monoisotopic (exact) mass is 359 g/mol. The summed E-state index contributed by atoms with van der Waals surface area (Å²) in [5.74, 6) is -0.566. The third kappa shape index (κ3) is 5.45. The fourth-order valence-electron chi connectivity index (χ4n) is 2.29. The molecular weight excluding hydrogens is 338 g/mol. The highest BCUT2D eigenvalue weighted by Crippen LogP contribution is 2.29. The number of methoxy groups -OCH3 is 2. The summed E-state index contributed by atoms with van der Waals surface area (Å²) in [4.78, 5) is 27.7. The number of ether oxygens (including phenoxy) is 2. The van der Waals surface area contributed by atoms with Crippen LogP contribution in [0.4, 0.5) is 5.69 Å². The van der Waals surface area contributed by atoms with Crippen molar-refractivity contribution in [3.05, 3.63) is 48.3 Å². The van der Waals surface area contributed by atoms with Crippen LogP contribution in [-0.4, -0.2) is 42.2 Å². The number of amides is 1. The minimum atomic E-state index is -1.11. The van der Waals surface area contributed by atoms with Gasteiger partial charge in [0, 0.05) is 25.0 Å². The van der Waals surface area contributed by atoms with Crippen molar-refractivity contribution in [3.8, 4) is 11.5 Å². The van der Waals surface area contributed by atoms with E-state index in [1.165, 1.54) is 14.2 Å². The summed E-state index contributed by atoms with van der Waals surface area (Å²) in [7, 11) is 2.99. The number of aromatic nitrogens is 1. The number of carboxylic acids is 1. The van der Waals surface area contributed by atoms with Gasteiger partial charge in [-0.25, -0.2) is 0 Å². The number of hydrogen-bond acceptors (Lipinski definition) is 6. The minimum Gasteiger partial charge on any atom is -0.497 e. The Morgan fingerprint density at radius 2 is 2.04 bits per heavy atom. The molecule has 1 aromatic carbocycles. The van der Waals surface area contributed by atoms with Crippen LogP contribution in [0.15, 0.2) is 42.7 Å². The molecule has 0 saturated heterocycles. The summed E-state index contributed by atoms with van der Waals surface area (Å²) in [6, 6.07) is 7.50. The van der Waals surface area contributed by atoms with Crippen LogP contribution in [0.2, 0.25) is 0 Å². The fourth-order valence-corrected chi connectivity index (χ4v) is 2.29. The predicted octanol–water partition coefficient (Wildman–Crippen LogP) is 1.67. The van der Waals surface area contributed by atoms with E-state index >= 15 is 0 Å². The van der Waals surface area contributed by atoms with E-state index in [2.05, 4.69) is 15.6 Å². The number of nitrogens with one attached hydrogen (secondary N) is 2. The molecule has 0 radical (unpaired) electrons. The third-order valence-corrected chi connectivity index (χ3v) is 3.64. The molecule has 2 rings (SSSR count). The maximum atomic E-state index is 12.3. The van der Waals surface area contributed by atoms with E-state index in [9.17, 15) is 14.7 Å². The van der Waals surface area contributed by atoms with Gasteiger partial charge < -0.3 is 19.9 Å². The fraction of sp³-hybridized carbons (Fsp3) is 0.278. The molecule has 0 bridgehead atoms. The molecule has 1 amide bonds. The Balaban J connectivity index is 2.00. The van der Waals surface area contributed by atoms with Crippen molar-refractivity contribution in [3.63, 3.8) is 0 Å². The molecule has 0 fully saturated rings. The van der Waals surface area contributed by atoms with E-state index in [0.717, 1.165) is 5.56 Å². The Kier molecular flexibility index (Phi) is 6.92. The molecule has 1 aromatic heterocycles. The molecule has 0 aliphatic heterocycles. The number of carbonyl (C=O) groups excluding carboxylic acids is 1. The lowest BCUT2D eigenvalue weighted by Crippen LogP contribution is -2.39. The normalized spacial score (nSPS) is 11.5. The van der Waals surface area contributed by atoms with Crippen LogP contribution < -0.4 is 20.1 Å². The summed E-state index contributed by atoms with van der Waals surface area (Å²) < 4.78 is 10.3. The lowest BCUT2D eigenvalue weighted by atomic mass is 10.1. The van der Waals surface area contributed by atoms with Gasteiger partial charge in [0.15, 0.2) is 0 Å². The molecule has 1 heterocycles. The smallest absolute Gasteiger partial charge is 0.321 e. The molecule has 1 atom stereocenters. The maximum absolute atomic E-state index is 12.3. The van der Waals surface area contributed by atoms with Gasteiger partial charge in [-0.15, -0.1) is 0 Å². The standard InChI is InChI=1S/C18H21N3O5/c1-25-13-5-6-16(26-2)14(8-13)21-17(22)9-15(18(23)24)20-11-12-4-3-7-19-10-12/h3-8,10,15,20H,9,11H2,1-2H3,(H,21,22)(H,23,24)/t15-/m1/s1. The maximum Gasteiger partial charge on any atom is 0.321 e. The van der Waals surface area contributed by atoms with Crippen molar-refractivity contribution in [1.82, 2.24) is 10.3 Å². The summed E-state index contributed by atoms with van der Waals surface area (Å²) in [5.41, 5.74) is 1.24. The van der Waals surface area contributed by atoms with Gasteiger partial charge in [0.2, 0.25) is 5.91 Å². The third-order valence-electron chi connectivity index (χ3n) is 3.64. The molecule has 2 aromatic rings. The highest BCUT2D eigenvalue weighted by atomic mass is 16.5. The van der Waals surface area contributed by atoms with Crippen LogP contribution in [0.5, 0.6) is 11.5 Å². The van der Waals surface area contributed by atoms with E-state index in [-0.39, 0.29) is 6.42 Å². The molecule has 0 aliphatic carbocycles. The second kappa shape index (κ2) is 9.38. The highest BCUT2D eigenvalue weighted by molar-refractivity contribution is 5.95. The number of aliphatic carboxylic acids is 1. The molecule has 138 valence electrons. The van der Waals surface area contributed by atoms with Crippen LogP contribution in [-0.2, 0) is 16.1 Å². The van der Waals surface area contributed by atoms with E-state index in [0.29, 0.717) is 23.7 Å². The molecule has 0 spiro atoms. The van der Waals surface area contributed by atoms with Gasteiger partial charge in [-0.2, -0.15) is 0 Å². The number of rotatable bonds is 9. The van der Waals surface area contributed by atoms with Gasteiger partial charge in [0.1, 0.15) is 17.5 Å². The molecule has 3 N–H and O–H groups in total. The number of benzene rings is 1. The zero-order valence-corrected chi connectivity index (χ0v) is 14.6. The van der Waals surface area contributed by atoms with Gasteiger partial charge in [-0.3, -0.25) is 19.9 Å². The topological polar surface area (TPSA) is 110 Å². The SMILES string of the molecule is COc1ccc(OC)c(NC(=O)C[C@@H](NCc2cccnc2)C(=O)O)c1. The Labute approximate surface area is 151 Å². The lowest BCUT2D eigenvalue weighted by molar-refractivity contribution is -0.141. The van der Waals surface area contributed by atoms with Crippen LogP contribution >= 0.6 is 0 Å². The highest BCUT2D eigenvalue weighted by Gasteiger charge is 2.21. The summed E-state index contributed by atoms with van der Waals surface area (Å²) in [6.45, 7) is 0.292. The van der Waals surface area contributed by atoms with Crippen LogP contribution in [0.25, 0.3) is 0 Å². The van der Waals surface area contributed by atoms with E-state index in [1.54, 1.807) is 36.7 Å². The minimum absolute atomic E-state index is 0.240. The van der Waals surface area contributed by atoms with Gasteiger partial charge in [0.25, 0.3) is 0 Å². The summed E-state index contributed by atoms with van der Waals surface area (Å²) in [6.07, 6.45) is 3.02. The Morgan fingerprint density at radius 1 is 1.23 bits per heavy atom. The van der Waals surface area contributed by atoms with Gasteiger partial charge in [-0.1, -0.05) is 6.07 Å². The summed E-state index contributed by atoms with van der Waals surface area (Å²) >= 11 is 0. The van der Waals surface area contributed by atoms with E-state index < -0.39 is 17.9 Å². The van der Waals surface area contributed by atoms with Crippen molar-refractivity contribution >= 4 is 17.6 Å². The number of carbonyl (C=O) groups is 2. The number of carboxylic acid groups (broad SMARTS) is 1. The molecule has 0 saturated carbocycles. The largest absolute Gasteiger partial charge is 0.497 e. The lowest BCUT2D eigenvalue weighted by Gasteiger charge is -2.16. The number of anilines is 1. The van der Waals surface area contributed by atoms with E-state index in [4.69, 9.17) is 9.47 Å². The second-order valence-electron chi connectivity index (χ2n) is 5.45. The van der Waals surface area contributed by atoms with Crippen molar-refractivity contribution in [1.29, 1.82) is 0 Å². The van der Waals surface area contributed by atoms with Crippen molar-refractivity contribution < 1.29 is 24.2 Å². The van der Waals surface area contributed by atoms with Crippen molar-refractivity contribution in [2.45, 2.75) is 19.0 Å². The number of pyridine rings is 1. The van der Waals surface area contributed by atoms with E-state index in [1.807, 2.05) is 6.07 Å². The van der Waals surface area contributed by atoms with Crippen LogP contribution in [0, 0.1) is 0 Å². The number of hydrogen-bond donors (Lipinski definition) is 3. The van der Waals surface area contributed by atoms with Crippen LogP contribution in [0.3, 0.4) is 0 Å². The molecular formula is C18H21N3O5. The molecule has 8 heteroatoms. The Bertz CT molecular complexity index is 752. The first kappa shape index (κ1) is 19.2. The predicted molar refractivity (Wildman–Crippen MR) is 95.3 cm³/mol. The molecule has 26 heavy (non-hydrogen) atoms. The molecule has 8 nitrogen and oxygen atoms in total. The van der Waals surface area contributed by atoms with Crippen LogP contribution in [0.1, 0.15) is 12.0 Å². The molecule has 0 unspecified atom stereocenters. The second-order valence-corrected chi connectivity index (χ2v) is 5.45. The molecule has 0 aliphatic rings. The number of nitrogens with zero attached hydrogens (tertiary/aromatic N) is 1. The Morgan fingerprint density at radius 3 is 2.65 bits per heavy atom. The first-order chi connectivity index (χ1) is 12.5. The first-order valence-electron chi connectivity index (χ1n) is 7.90. The zero-order valence-electron chi connectivity index (χ0n) is 14.6. The first-order valence-corrected chi connectivity index (χ1v) is 7.90. The zero-order chi connectivity index (χ0) is 18.9. The van der Waals surface area contributed by atoms with Gasteiger partial charge in [-0.05, 0) is 23.8 Å². The average Bonchev–Trinajstić information content (AvgIpc) is 2.65. The van der Waals surface area contributed by atoms with Gasteiger partial charge >= 0.3 is 5.97 Å². The average molecular weight is 359 g/mol. The Hall–Kier alpha value is -3.13. The van der Waals surface area contributed by atoms with Crippen molar-refractivity contribution in [2.75, 3.05) is 19.5 Å². The van der Waals surface area contributed by atoms with Gasteiger partial charge in [0.05, 0.1) is 26.3 Å².